The van der Waals surface area contributed by atoms with Crippen molar-refractivity contribution in [3.05, 3.63) is 287 Å². The van der Waals surface area contributed by atoms with Crippen LogP contribution in [0.5, 0.6) is 0 Å². The van der Waals surface area contributed by atoms with Crippen molar-refractivity contribution in [3.63, 3.8) is 0 Å². The van der Waals surface area contributed by atoms with Crippen LogP contribution in [0.15, 0.2) is 243 Å². The minimum atomic E-state index is -0.187. The Hall–Kier alpha value is -9.10. The van der Waals surface area contributed by atoms with Gasteiger partial charge < -0.3 is 0 Å². The van der Waals surface area contributed by atoms with Crippen molar-refractivity contribution < 1.29 is 0 Å². The zero-order valence-corrected chi connectivity index (χ0v) is 41.9. The summed E-state index contributed by atoms with van der Waals surface area (Å²) in [5.74, 6) is 0. The molecule has 0 N–H and O–H groups in total. The SMILES string of the molecule is c1ccc2c(c1)-c1ccc(-c3ccc4c5ccccc5c5c6cc(-c7ccc8c(c7)C7(CCc9cc%10ccccc%10cc97)c7ccccc7-8)ccc6c6ccccc6c5c4c3)cc1C21CCc2cc3ccccc3cc21. The van der Waals surface area contributed by atoms with Crippen molar-refractivity contribution in [2.45, 2.75) is 36.5 Å². The van der Waals surface area contributed by atoms with E-state index in [4.69, 9.17) is 0 Å². The highest BCUT2D eigenvalue weighted by molar-refractivity contribution is 6.40. The van der Waals surface area contributed by atoms with E-state index in [2.05, 4.69) is 243 Å². The highest BCUT2D eigenvalue weighted by Gasteiger charge is 2.50. The topological polar surface area (TPSA) is 0 Å². The van der Waals surface area contributed by atoms with Gasteiger partial charge in [0.05, 0.1) is 0 Å². The fourth-order valence-electron chi connectivity index (χ4n) is 15.9. The van der Waals surface area contributed by atoms with Crippen LogP contribution < -0.4 is 0 Å². The van der Waals surface area contributed by atoms with Crippen molar-refractivity contribution >= 4 is 75.4 Å². The zero-order valence-electron chi connectivity index (χ0n) is 41.9. The van der Waals surface area contributed by atoms with Gasteiger partial charge in [-0.2, -0.15) is 0 Å². The molecule has 0 heteroatoms. The third-order valence-corrected chi connectivity index (χ3v) is 19.2. The van der Waals surface area contributed by atoms with Gasteiger partial charge in [-0.1, -0.05) is 206 Å². The molecule has 0 fully saturated rings. The minimum absolute atomic E-state index is 0.187. The third kappa shape index (κ3) is 5.24. The molecule has 14 aromatic carbocycles. The first-order chi connectivity index (χ1) is 37.6. The lowest BCUT2D eigenvalue weighted by Crippen LogP contribution is -2.23. The second kappa shape index (κ2) is 14.8. The summed E-state index contributed by atoms with van der Waals surface area (Å²) in [4.78, 5) is 0. The van der Waals surface area contributed by atoms with Crippen LogP contribution in [0.1, 0.15) is 57.3 Å². The Balaban J connectivity index is 0.852. The van der Waals surface area contributed by atoms with E-state index in [0.717, 1.165) is 25.7 Å². The molecule has 0 saturated heterocycles. The van der Waals surface area contributed by atoms with Crippen molar-refractivity contribution in [1.29, 1.82) is 0 Å². The van der Waals surface area contributed by atoms with Crippen LogP contribution in [0.4, 0.5) is 0 Å². The van der Waals surface area contributed by atoms with Crippen molar-refractivity contribution in [2.75, 3.05) is 0 Å². The molecule has 76 heavy (non-hydrogen) atoms. The summed E-state index contributed by atoms with van der Waals surface area (Å²) < 4.78 is 0. The largest absolute Gasteiger partial charge is 0.0619 e. The van der Waals surface area contributed by atoms with E-state index in [9.17, 15) is 0 Å². The normalized spacial score (nSPS) is 17.6. The van der Waals surface area contributed by atoms with Gasteiger partial charge >= 0.3 is 0 Å². The number of fused-ring (bicyclic) bond motifs is 27. The molecular formula is C76H48. The summed E-state index contributed by atoms with van der Waals surface area (Å²) in [5, 5.41) is 18.3. The quantitative estimate of drug-likeness (QED) is 0.152. The lowest BCUT2D eigenvalue weighted by Gasteiger charge is -2.29. The molecule has 2 atom stereocenters. The molecule has 0 amide bonds. The molecule has 2 unspecified atom stereocenters. The fourth-order valence-corrected chi connectivity index (χ4v) is 15.9. The lowest BCUT2D eigenvalue weighted by atomic mass is 9.72. The molecule has 4 aliphatic rings. The van der Waals surface area contributed by atoms with Gasteiger partial charge in [0.25, 0.3) is 0 Å². The number of rotatable bonds is 2. The van der Waals surface area contributed by atoms with Crippen molar-refractivity contribution in [2.24, 2.45) is 0 Å². The number of aryl methyl sites for hydroxylation is 2. The van der Waals surface area contributed by atoms with Gasteiger partial charge in [-0.15, -0.1) is 0 Å². The Morgan fingerprint density at radius 2 is 0.566 bits per heavy atom. The van der Waals surface area contributed by atoms with E-state index in [1.807, 2.05) is 0 Å². The molecule has 352 valence electrons. The minimum Gasteiger partial charge on any atom is -0.0619 e. The van der Waals surface area contributed by atoms with Gasteiger partial charge in [-0.25, -0.2) is 0 Å². The van der Waals surface area contributed by atoms with Gasteiger partial charge in [0.1, 0.15) is 0 Å². The summed E-state index contributed by atoms with van der Waals surface area (Å²) in [5.41, 5.74) is 21.9. The van der Waals surface area contributed by atoms with Crippen molar-refractivity contribution in [1.82, 2.24) is 0 Å². The second-order valence-corrected chi connectivity index (χ2v) is 22.5. The first-order valence-corrected chi connectivity index (χ1v) is 27.4. The van der Waals surface area contributed by atoms with Crippen molar-refractivity contribution in [3.8, 4) is 44.5 Å². The van der Waals surface area contributed by atoms with Crippen LogP contribution >= 0.6 is 0 Å². The lowest BCUT2D eigenvalue weighted by molar-refractivity contribution is 0.626. The molecule has 0 saturated carbocycles. The summed E-state index contributed by atoms with van der Waals surface area (Å²) in [7, 11) is 0. The Bertz CT molecular complexity index is 4640. The van der Waals surface area contributed by atoms with E-state index >= 15 is 0 Å². The number of hydrogen-bond donors (Lipinski definition) is 0. The molecule has 0 aromatic heterocycles. The van der Waals surface area contributed by atoms with E-state index in [0.29, 0.717) is 0 Å². The first-order valence-electron chi connectivity index (χ1n) is 27.4. The first kappa shape index (κ1) is 41.3. The number of hydrogen-bond acceptors (Lipinski definition) is 0. The predicted molar refractivity (Wildman–Crippen MR) is 320 cm³/mol. The molecule has 0 radical (unpaired) electrons. The van der Waals surface area contributed by atoms with Gasteiger partial charge in [0.2, 0.25) is 0 Å². The maximum atomic E-state index is 2.56. The molecule has 0 aliphatic heterocycles. The van der Waals surface area contributed by atoms with Crippen LogP contribution in [0, 0.1) is 0 Å². The maximum absolute atomic E-state index is 2.56. The molecule has 0 nitrogen and oxygen atoms in total. The van der Waals surface area contributed by atoms with Crippen LogP contribution in [0.25, 0.3) is 120 Å². The molecule has 4 aliphatic carbocycles. The highest BCUT2D eigenvalue weighted by atomic mass is 14.5. The zero-order chi connectivity index (χ0) is 49.4. The summed E-state index contributed by atoms with van der Waals surface area (Å²) in [6.07, 6.45) is 4.30. The number of benzene rings is 14. The molecule has 2 spiro atoms. The Morgan fingerprint density at radius 3 is 1.03 bits per heavy atom. The molecule has 18 rings (SSSR count). The second-order valence-electron chi connectivity index (χ2n) is 22.5. The van der Waals surface area contributed by atoms with Gasteiger partial charge in [-0.3, -0.25) is 0 Å². The maximum Gasteiger partial charge on any atom is 0.0469 e. The Kier molecular flexibility index (Phi) is 8.04. The van der Waals surface area contributed by atoms with Crippen LogP contribution in [0.2, 0.25) is 0 Å². The van der Waals surface area contributed by atoms with Crippen LogP contribution in [0.3, 0.4) is 0 Å². The van der Waals surface area contributed by atoms with E-state index < -0.39 is 0 Å². The highest BCUT2D eigenvalue weighted by Crippen LogP contribution is 2.61. The molecule has 14 aromatic rings. The third-order valence-electron chi connectivity index (χ3n) is 19.2. The fraction of sp³-hybridized carbons (Fsp3) is 0.0789. The van der Waals surface area contributed by atoms with Gasteiger partial charge in [-0.05, 0) is 227 Å². The summed E-state index contributed by atoms with van der Waals surface area (Å²) in [6.45, 7) is 0. The van der Waals surface area contributed by atoms with Gasteiger partial charge in [0.15, 0.2) is 0 Å². The predicted octanol–water partition coefficient (Wildman–Crippen LogP) is 19.6. The molecule has 0 heterocycles. The summed E-state index contributed by atoms with van der Waals surface area (Å²) >= 11 is 0. The smallest absolute Gasteiger partial charge is 0.0469 e. The Morgan fingerprint density at radius 1 is 0.224 bits per heavy atom. The summed E-state index contributed by atoms with van der Waals surface area (Å²) in [6, 6.07) is 94.0. The molecule has 0 bridgehead atoms. The van der Waals surface area contributed by atoms with E-state index in [1.165, 1.54) is 164 Å². The molecular weight excluding hydrogens is 913 g/mol. The Labute approximate surface area is 441 Å². The standard InChI is InChI=1S/C76H48/c1-3-15-47-41-69-53(37-45(47)13-1)33-35-75(69)67-23-11-9-19-59(67)61-31-27-51(43-71(61)75)49-25-29-57-55-17-5-8-22-64(55)74-66-40-50(26-30-58(66)56-18-6-7-21-63(56)73(74)65(57)39-49)52-28-32-62-60-20-10-12-24-68(60)76(72(62)44-52)36-34-54-38-46-14-2-4-16-48(46)42-70(54)76/h1-32,37-44H,33-36H2. The van der Waals surface area contributed by atoms with E-state index in [-0.39, 0.29) is 10.8 Å². The average Bonchev–Trinajstić information content (AvgIpc) is 4.22. The van der Waals surface area contributed by atoms with Crippen LogP contribution in [-0.4, -0.2) is 0 Å². The monoisotopic (exact) mass is 960 g/mol. The van der Waals surface area contributed by atoms with Crippen LogP contribution in [-0.2, 0) is 23.7 Å². The average molecular weight is 961 g/mol. The van der Waals surface area contributed by atoms with Gasteiger partial charge in [0, 0.05) is 10.8 Å². The van der Waals surface area contributed by atoms with E-state index in [1.54, 1.807) is 0 Å².